The molecule has 0 bridgehead atoms. The molecule has 2 aromatic heterocycles. The van der Waals surface area contributed by atoms with Crippen LogP contribution in [0.5, 0.6) is 5.75 Å². The number of hydrogen-bond acceptors (Lipinski definition) is 7. The fourth-order valence-electron chi connectivity index (χ4n) is 4.65. The standard InChI is InChI=1S/C27H31F2N5O2/c1-16(2)34-15-27(3,4)36-26-21(28)9-17(10-23(26)34)25-22(29)13-31-24(33-25)11-18-5-6-19(12-30-18)32-20-7-8-35-14-20/h5-6,9-10,12-13,16,20,32H,7-8,11,14-15H2,1-4H3. The second-order valence-electron chi connectivity index (χ2n) is 10.3. The molecule has 1 atom stereocenters. The van der Waals surface area contributed by atoms with Crippen LogP contribution >= 0.6 is 0 Å². The van der Waals surface area contributed by atoms with Crippen molar-refractivity contribution in [1.29, 1.82) is 0 Å². The normalized spacial score (nSPS) is 18.8. The Bertz CT molecular complexity index is 1240. The van der Waals surface area contributed by atoms with Gasteiger partial charge < -0.3 is 19.7 Å². The first-order valence-corrected chi connectivity index (χ1v) is 12.3. The highest BCUT2D eigenvalue weighted by Gasteiger charge is 2.35. The van der Waals surface area contributed by atoms with Crippen LogP contribution in [0.25, 0.3) is 11.3 Å². The van der Waals surface area contributed by atoms with Crippen LogP contribution in [0.1, 0.15) is 45.6 Å². The topological polar surface area (TPSA) is 72.4 Å². The van der Waals surface area contributed by atoms with E-state index in [-0.39, 0.29) is 17.5 Å². The summed E-state index contributed by atoms with van der Waals surface area (Å²) < 4.78 is 41.4. The first-order valence-electron chi connectivity index (χ1n) is 12.3. The lowest BCUT2D eigenvalue weighted by Crippen LogP contribution is -2.49. The van der Waals surface area contributed by atoms with Gasteiger partial charge in [-0.25, -0.2) is 18.7 Å². The predicted octanol–water partition coefficient (Wildman–Crippen LogP) is 4.99. The number of hydrogen-bond donors (Lipinski definition) is 1. The molecule has 3 aromatic rings. The summed E-state index contributed by atoms with van der Waals surface area (Å²) in [6.07, 6.45) is 4.18. The van der Waals surface area contributed by atoms with Crippen LogP contribution in [0.4, 0.5) is 20.2 Å². The molecule has 5 rings (SSSR count). The Labute approximate surface area is 209 Å². The van der Waals surface area contributed by atoms with Crippen molar-refractivity contribution in [1.82, 2.24) is 15.0 Å². The molecule has 190 valence electrons. The first-order chi connectivity index (χ1) is 17.2. The molecule has 0 amide bonds. The van der Waals surface area contributed by atoms with Gasteiger partial charge in [-0.2, -0.15) is 0 Å². The number of pyridine rings is 1. The largest absolute Gasteiger partial charge is 0.481 e. The predicted molar refractivity (Wildman–Crippen MR) is 134 cm³/mol. The number of rotatable bonds is 6. The Hall–Kier alpha value is -3.33. The summed E-state index contributed by atoms with van der Waals surface area (Å²) in [5.41, 5.74) is 2.10. The highest BCUT2D eigenvalue weighted by Crippen LogP contribution is 2.42. The fraction of sp³-hybridized carbons (Fsp3) is 0.444. The average molecular weight is 496 g/mol. The molecule has 9 heteroatoms. The average Bonchev–Trinajstić information content (AvgIpc) is 3.34. The fourth-order valence-corrected chi connectivity index (χ4v) is 4.65. The Morgan fingerprint density at radius 2 is 1.97 bits per heavy atom. The van der Waals surface area contributed by atoms with E-state index < -0.39 is 17.2 Å². The summed E-state index contributed by atoms with van der Waals surface area (Å²) in [6, 6.07) is 7.26. The van der Waals surface area contributed by atoms with Crippen molar-refractivity contribution in [2.45, 2.75) is 58.2 Å². The number of anilines is 2. The minimum atomic E-state index is -0.613. The van der Waals surface area contributed by atoms with E-state index in [4.69, 9.17) is 9.47 Å². The van der Waals surface area contributed by atoms with Gasteiger partial charge in [0.25, 0.3) is 0 Å². The molecule has 1 fully saturated rings. The summed E-state index contributed by atoms with van der Waals surface area (Å²) in [4.78, 5) is 15.2. The molecule has 36 heavy (non-hydrogen) atoms. The van der Waals surface area contributed by atoms with Crippen molar-refractivity contribution in [2.75, 3.05) is 30.0 Å². The summed E-state index contributed by atoms with van der Waals surface area (Å²) in [5.74, 6) is -0.573. The zero-order valence-electron chi connectivity index (χ0n) is 21.0. The van der Waals surface area contributed by atoms with Gasteiger partial charge in [0.05, 0.1) is 49.4 Å². The van der Waals surface area contributed by atoms with Gasteiger partial charge in [-0.15, -0.1) is 0 Å². The Morgan fingerprint density at radius 3 is 2.67 bits per heavy atom. The molecule has 0 spiro atoms. The maximum atomic E-state index is 15.2. The van der Waals surface area contributed by atoms with E-state index in [1.54, 1.807) is 12.3 Å². The lowest BCUT2D eigenvalue weighted by molar-refractivity contribution is 0.0967. The van der Waals surface area contributed by atoms with E-state index in [2.05, 4.69) is 25.2 Å². The lowest BCUT2D eigenvalue weighted by Gasteiger charge is -2.43. The lowest BCUT2D eigenvalue weighted by atomic mass is 10.0. The van der Waals surface area contributed by atoms with Crippen molar-refractivity contribution < 1.29 is 18.3 Å². The number of benzene rings is 1. The number of aromatic nitrogens is 3. The van der Waals surface area contributed by atoms with E-state index in [0.717, 1.165) is 30.6 Å². The molecule has 0 saturated carbocycles. The van der Waals surface area contributed by atoms with Crippen LogP contribution < -0.4 is 15.0 Å². The summed E-state index contributed by atoms with van der Waals surface area (Å²) in [6.45, 7) is 9.97. The highest BCUT2D eigenvalue weighted by atomic mass is 19.1. The molecule has 1 unspecified atom stereocenters. The number of nitrogens with zero attached hydrogens (tertiary/aromatic N) is 4. The van der Waals surface area contributed by atoms with Crippen molar-refractivity contribution in [3.05, 3.63) is 59.8 Å². The molecule has 1 saturated heterocycles. The number of ether oxygens (including phenoxy) is 2. The zero-order chi connectivity index (χ0) is 25.4. The van der Waals surface area contributed by atoms with E-state index in [0.29, 0.717) is 42.7 Å². The van der Waals surface area contributed by atoms with Crippen molar-refractivity contribution >= 4 is 11.4 Å². The molecule has 0 radical (unpaired) electrons. The SMILES string of the molecule is CC(C)N1CC(C)(C)Oc2c(F)cc(-c3nc(Cc4ccc(NC5CCOC5)cn4)ncc3F)cc21. The van der Waals surface area contributed by atoms with Gasteiger partial charge >= 0.3 is 0 Å². The third-order valence-electron chi connectivity index (χ3n) is 6.42. The third-order valence-corrected chi connectivity index (χ3v) is 6.42. The quantitative estimate of drug-likeness (QED) is 0.516. The highest BCUT2D eigenvalue weighted by molar-refractivity contribution is 5.72. The van der Waals surface area contributed by atoms with Gasteiger partial charge in [-0.05, 0) is 58.4 Å². The maximum Gasteiger partial charge on any atom is 0.179 e. The van der Waals surface area contributed by atoms with Gasteiger partial charge in [0.15, 0.2) is 17.4 Å². The smallest absolute Gasteiger partial charge is 0.179 e. The third kappa shape index (κ3) is 5.11. The van der Waals surface area contributed by atoms with E-state index in [9.17, 15) is 4.39 Å². The molecule has 2 aliphatic rings. The second-order valence-corrected chi connectivity index (χ2v) is 10.3. The van der Waals surface area contributed by atoms with Crippen LogP contribution in [0.2, 0.25) is 0 Å². The van der Waals surface area contributed by atoms with Gasteiger partial charge in [-0.3, -0.25) is 4.98 Å². The molecule has 7 nitrogen and oxygen atoms in total. The molecular weight excluding hydrogens is 464 g/mol. The molecular formula is C27H31F2N5O2. The van der Waals surface area contributed by atoms with Crippen LogP contribution in [0.15, 0.2) is 36.7 Å². The van der Waals surface area contributed by atoms with Crippen molar-refractivity contribution in [3.8, 4) is 17.0 Å². The minimum Gasteiger partial charge on any atom is -0.481 e. The molecule has 1 N–H and O–H groups in total. The maximum absolute atomic E-state index is 15.2. The summed E-state index contributed by atoms with van der Waals surface area (Å²) >= 11 is 0. The van der Waals surface area contributed by atoms with Gasteiger partial charge in [0, 0.05) is 23.9 Å². The van der Waals surface area contributed by atoms with E-state index in [1.165, 1.54) is 6.07 Å². The number of fused-ring (bicyclic) bond motifs is 1. The van der Waals surface area contributed by atoms with Crippen molar-refractivity contribution in [2.24, 2.45) is 0 Å². The van der Waals surface area contributed by atoms with Crippen LogP contribution in [0.3, 0.4) is 0 Å². The molecule has 1 aromatic carbocycles. The van der Waals surface area contributed by atoms with Gasteiger partial charge in [-0.1, -0.05) is 0 Å². The number of halogens is 2. The Balaban J connectivity index is 1.41. The summed E-state index contributed by atoms with van der Waals surface area (Å²) in [7, 11) is 0. The zero-order valence-corrected chi connectivity index (χ0v) is 21.0. The minimum absolute atomic E-state index is 0.0507. The van der Waals surface area contributed by atoms with Crippen molar-refractivity contribution in [3.63, 3.8) is 0 Å². The second kappa shape index (κ2) is 9.61. The molecule has 0 aliphatic carbocycles. The van der Waals surface area contributed by atoms with Crippen LogP contribution in [-0.4, -0.2) is 52.4 Å². The Morgan fingerprint density at radius 1 is 1.14 bits per heavy atom. The molecule has 2 aliphatic heterocycles. The summed E-state index contributed by atoms with van der Waals surface area (Å²) in [5, 5.41) is 3.40. The van der Waals surface area contributed by atoms with E-state index in [1.807, 2.05) is 39.8 Å². The van der Waals surface area contributed by atoms with Crippen LogP contribution in [-0.2, 0) is 11.2 Å². The Kier molecular flexibility index (Phi) is 6.51. The van der Waals surface area contributed by atoms with Gasteiger partial charge in [0.1, 0.15) is 17.1 Å². The van der Waals surface area contributed by atoms with Gasteiger partial charge in [0.2, 0.25) is 0 Å². The number of nitrogens with one attached hydrogen (secondary N) is 1. The first kappa shape index (κ1) is 24.4. The van der Waals surface area contributed by atoms with E-state index >= 15 is 4.39 Å². The monoisotopic (exact) mass is 495 g/mol. The van der Waals surface area contributed by atoms with Crippen LogP contribution in [0, 0.1) is 11.6 Å². The molecule has 4 heterocycles.